The van der Waals surface area contributed by atoms with E-state index in [-0.39, 0.29) is 13.0 Å². The van der Waals surface area contributed by atoms with Crippen molar-refractivity contribution in [2.45, 2.75) is 13.3 Å². The Morgan fingerprint density at radius 3 is 2.24 bits per heavy atom. The number of anilines is 2. The van der Waals surface area contributed by atoms with Crippen molar-refractivity contribution in [3.63, 3.8) is 0 Å². The molecule has 0 bridgehead atoms. The molecule has 0 aliphatic rings. The monoisotopic (exact) mass is 360 g/mol. The molecule has 130 valence electrons. The summed E-state index contributed by atoms with van der Waals surface area (Å²) in [6.07, 6.45) is -0.356. The maximum atomic E-state index is 11.9. The molecule has 0 radical (unpaired) electrons. The third-order valence-electron chi connectivity index (χ3n) is 3.15. The van der Waals surface area contributed by atoms with Gasteiger partial charge in [-0.05, 0) is 43.3 Å². The predicted molar refractivity (Wildman–Crippen MR) is 95.7 cm³/mol. The number of carbonyl (C=O) groups excluding carboxylic acids is 3. The van der Waals surface area contributed by atoms with Gasteiger partial charge in [0.2, 0.25) is 11.8 Å². The van der Waals surface area contributed by atoms with Gasteiger partial charge in [-0.2, -0.15) is 0 Å². The summed E-state index contributed by atoms with van der Waals surface area (Å²) in [5.41, 5.74) is 1.31. The highest BCUT2D eigenvalue weighted by molar-refractivity contribution is 6.33. The number of para-hydroxylation sites is 1. The number of halogens is 1. The molecule has 2 aromatic carbocycles. The second-order valence-corrected chi connectivity index (χ2v) is 5.46. The van der Waals surface area contributed by atoms with E-state index in [1.165, 1.54) is 12.1 Å². The second kappa shape index (κ2) is 8.84. The van der Waals surface area contributed by atoms with Gasteiger partial charge in [0.15, 0.2) is 0 Å². The van der Waals surface area contributed by atoms with E-state index < -0.39 is 17.8 Å². The Morgan fingerprint density at radius 2 is 1.60 bits per heavy atom. The van der Waals surface area contributed by atoms with Crippen LogP contribution in [0.15, 0.2) is 48.5 Å². The third kappa shape index (κ3) is 5.61. The lowest BCUT2D eigenvalue weighted by atomic mass is 10.2. The van der Waals surface area contributed by atoms with Gasteiger partial charge in [-0.3, -0.25) is 9.59 Å². The van der Waals surface area contributed by atoms with Crippen molar-refractivity contribution in [3.05, 3.63) is 59.1 Å². The molecule has 0 unspecified atom stereocenters. The average molecular weight is 361 g/mol. The molecule has 0 aromatic heterocycles. The van der Waals surface area contributed by atoms with Crippen LogP contribution in [-0.4, -0.2) is 24.4 Å². The molecule has 0 fully saturated rings. The number of esters is 1. The lowest BCUT2D eigenvalue weighted by Crippen LogP contribution is -2.21. The highest BCUT2D eigenvalue weighted by atomic mass is 35.5. The number of carbonyl (C=O) groups is 3. The van der Waals surface area contributed by atoms with Crippen LogP contribution in [0.2, 0.25) is 5.02 Å². The van der Waals surface area contributed by atoms with Crippen molar-refractivity contribution in [2.75, 3.05) is 17.2 Å². The van der Waals surface area contributed by atoms with Gasteiger partial charge in [-0.1, -0.05) is 23.7 Å². The first-order chi connectivity index (χ1) is 12.0. The van der Waals surface area contributed by atoms with Crippen molar-refractivity contribution in [1.82, 2.24) is 0 Å². The molecule has 0 saturated carbocycles. The summed E-state index contributed by atoms with van der Waals surface area (Å²) < 4.78 is 4.88. The van der Waals surface area contributed by atoms with Crippen LogP contribution in [0.25, 0.3) is 0 Å². The van der Waals surface area contributed by atoms with Gasteiger partial charge in [0, 0.05) is 5.69 Å². The number of benzene rings is 2. The molecule has 2 amide bonds. The number of nitrogens with one attached hydrogen (secondary N) is 2. The highest BCUT2D eigenvalue weighted by Gasteiger charge is 2.12. The molecule has 0 atom stereocenters. The van der Waals surface area contributed by atoms with Gasteiger partial charge < -0.3 is 15.4 Å². The summed E-state index contributed by atoms with van der Waals surface area (Å²) in [6.45, 7) is 2.01. The number of hydrogen-bond donors (Lipinski definition) is 2. The van der Waals surface area contributed by atoms with Crippen LogP contribution in [-0.2, 0) is 14.3 Å². The topological polar surface area (TPSA) is 84.5 Å². The fourth-order valence-electron chi connectivity index (χ4n) is 2.01. The van der Waals surface area contributed by atoms with Crippen LogP contribution in [0.3, 0.4) is 0 Å². The minimum absolute atomic E-state index is 0.290. The molecular formula is C18H17ClN2O4. The van der Waals surface area contributed by atoms with Crippen LogP contribution >= 0.6 is 11.6 Å². The van der Waals surface area contributed by atoms with Crippen molar-refractivity contribution in [2.24, 2.45) is 0 Å². The van der Waals surface area contributed by atoms with E-state index in [0.29, 0.717) is 22.0 Å². The summed E-state index contributed by atoms with van der Waals surface area (Å²) in [4.78, 5) is 35.4. The number of ether oxygens (including phenoxy) is 1. The van der Waals surface area contributed by atoms with E-state index in [9.17, 15) is 14.4 Å². The summed E-state index contributed by atoms with van der Waals surface area (Å²) >= 11 is 5.94. The third-order valence-corrected chi connectivity index (χ3v) is 3.48. The van der Waals surface area contributed by atoms with Crippen molar-refractivity contribution < 1.29 is 19.1 Å². The van der Waals surface area contributed by atoms with Crippen LogP contribution in [0.1, 0.15) is 23.7 Å². The molecular weight excluding hydrogens is 344 g/mol. The van der Waals surface area contributed by atoms with Gasteiger partial charge in [0.25, 0.3) is 0 Å². The molecule has 7 heteroatoms. The summed E-state index contributed by atoms with van der Waals surface area (Å²) in [5, 5.41) is 5.55. The van der Waals surface area contributed by atoms with Gasteiger partial charge in [0.05, 0.1) is 22.9 Å². The first kappa shape index (κ1) is 18.5. The number of amides is 2. The van der Waals surface area contributed by atoms with Gasteiger partial charge >= 0.3 is 5.97 Å². The molecule has 2 rings (SSSR count). The minimum atomic E-state index is -0.478. The maximum Gasteiger partial charge on any atom is 0.338 e. The first-order valence-electron chi connectivity index (χ1n) is 7.61. The summed E-state index contributed by atoms with van der Waals surface area (Å²) in [5.74, 6) is -1.39. The second-order valence-electron chi connectivity index (χ2n) is 5.05. The molecule has 0 spiro atoms. The molecule has 0 aliphatic carbocycles. The number of hydrogen-bond acceptors (Lipinski definition) is 4. The van der Waals surface area contributed by atoms with E-state index in [4.69, 9.17) is 16.3 Å². The van der Waals surface area contributed by atoms with Crippen LogP contribution < -0.4 is 10.6 Å². The molecule has 6 nitrogen and oxygen atoms in total. The molecule has 25 heavy (non-hydrogen) atoms. The van der Waals surface area contributed by atoms with E-state index in [1.54, 1.807) is 43.3 Å². The number of rotatable bonds is 6. The van der Waals surface area contributed by atoms with Crippen LogP contribution in [0.4, 0.5) is 11.4 Å². The highest BCUT2D eigenvalue weighted by Crippen LogP contribution is 2.20. The Kier molecular flexibility index (Phi) is 6.54. The van der Waals surface area contributed by atoms with Gasteiger partial charge in [0.1, 0.15) is 6.42 Å². The van der Waals surface area contributed by atoms with E-state index in [0.717, 1.165) is 0 Å². The summed E-state index contributed by atoms with van der Waals surface area (Å²) in [6, 6.07) is 13.0. The minimum Gasteiger partial charge on any atom is -0.462 e. The lowest BCUT2D eigenvalue weighted by Gasteiger charge is -2.08. The standard InChI is InChI=1S/C18H17ClN2O4/c1-2-25-18(24)12-7-9-13(10-8-12)20-16(22)11-17(23)21-15-6-4-3-5-14(15)19/h3-10H,2,11H2,1H3,(H,20,22)(H,21,23). The fraction of sp³-hybridized carbons (Fsp3) is 0.167. The normalized spacial score (nSPS) is 10.0. The molecule has 2 aromatic rings. The maximum absolute atomic E-state index is 11.9. The van der Waals surface area contributed by atoms with Crippen molar-refractivity contribution in [1.29, 1.82) is 0 Å². The Morgan fingerprint density at radius 1 is 0.960 bits per heavy atom. The van der Waals surface area contributed by atoms with E-state index in [2.05, 4.69) is 10.6 Å². The van der Waals surface area contributed by atoms with Gasteiger partial charge in [-0.15, -0.1) is 0 Å². The smallest absolute Gasteiger partial charge is 0.338 e. The SMILES string of the molecule is CCOC(=O)c1ccc(NC(=O)CC(=O)Nc2ccccc2Cl)cc1. The van der Waals surface area contributed by atoms with E-state index >= 15 is 0 Å². The van der Waals surface area contributed by atoms with Crippen LogP contribution in [0.5, 0.6) is 0 Å². The first-order valence-corrected chi connectivity index (χ1v) is 7.99. The average Bonchev–Trinajstić information content (AvgIpc) is 2.57. The lowest BCUT2D eigenvalue weighted by molar-refractivity contribution is -0.123. The zero-order chi connectivity index (χ0) is 18.2. The molecule has 0 heterocycles. The van der Waals surface area contributed by atoms with Crippen molar-refractivity contribution in [3.8, 4) is 0 Å². The fourth-order valence-corrected chi connectivity index (χ4v) is 2.20. The van der Waals surface area contributed by atoms with Crippen LogP contribution in [0, 0.1) is 0 Å². The Balaban J connectivity index is 1.88. The predicted octanol–water partition coefficient (Wildman–Crippen LogP) is 3.48. The Hall–Kier alpha value is -2.86. The zero-order valence-corrected chi connectivity index (χ0v) is 14.3. The largest absolute Gasteiger partial charge is 0.462 e. The quantitative estimate of drug-likeness (QED) is 0.610. The van der Waals surface area contributed by atoms with E-state index in [1.807, 2.05) is 0 Å². The Labute approximate surface area is 150 Å². The molecule has 0 aliphatic heterocycles. The molecule has 2 N–H and O–H groups in total. The van der Waals surface area contributed by atoms with Gasteiger partial charge in [-0.25, -0.2) is 4.79 Å². The zero-order valence-electron chi connectivity index (χ0n) is 13.5. The summed E-state index contributed by atoms with van der Waals surface area (Å²) in [7, 11) is 0. The Bertz CT molecular complexity index is 775. The molecule has 0 saturated heterocycles. The van der Waals surface area contributed by atoms with Crippen molar-refractivity contribution >= 4 is 40.8 Å².